The Morgan fingerprint density at radius 1 is 0.975 bits per heavy atom. The van der Waals surface area contributed by atoms with Crippen molar-refractivity contribution in [2.45, 2.75) is 12.3 Å². The van der Waals surface area contributed by atoms with Gasteiger partial charge >= 0.3 is 11.9 Å². The average molecular weight is 532 g/mol. The van der Waals surface area contributed by atoms with Gasteiger partial charge in [0.05, 0.1) is 23.5 Å². The monoisotopic (exact) mass is 531 g/mol. The molecule has 0 fully saturated rings. The van der Waals surface area contributed by atoms with Crippen molar-refractivity contribution in [2.24, 2.45) is 7.05 Å². The van der Waals surface area contributed by atoms with Gasteiger partial charge in [-0.3, -0.25) is 9.59 Å². The van der Waals surface area contributed by atoms with Crippen LogP contribution in [0.2, 0.25) is 0 Å². The summed E-state index contributed by atoms with van der Waals surface area (Å²) in [6.07, 6.45) is 3.70. The Morgan fingerprint density at radius 2 is 1.77 bits per heavy atom. The maximum atomic E-state index is 13.4. The second kappa shape index (κ2) is 8.84. The van der Waals surface area contributed by atoms with Crippen LogP contribution >= 0.6 is 0 Å². The number of para-hydroxylation sites is 1. The lowest BCUT2D eigenvalue weighted by Crippen LogP contribution is -2.21. The number of esters is 1. The molecule has 0 radical (unpaired) electrons. The van der Waals surface area contributed by atoms with E-state index in [2.05, 4.69) is 0 Å². The van der Waals surface area contributed by atoms with E-state index in [1.807, 2.05) is 42.1 Å². The van der Waals surface area contributed by atoms with E-state index >= 15 is 0 Å². The van der Waals surface area contributed by atoms with Crippen molar-refractivity contribution in [3.63, 3.8) is 0 Å². The number of furan rings is 1. The highest BCUT2D eigenvalue weighted by molar-refractivity contribution is 6.15. The fourth-order valence-corrected chi connectivity index (χ4v) is 5.45. The highest BCUT2D eigenvalue weighted by atomic mass is 16.5. The highest BCUT2D eigenvalue weighted by Gasteiger charge is 2.39. The Labute approximate surface area is 227 Å². The number of hydrogen-bond donors (Lipinski definition) is 1. The minimum atomic E-state index is -1.01. The van der Waals surface area contributed by atoms with Crippen LogP contribution in [0.5, 0.6) is 11.5 Å². The molecule has 1 unspecified atom stereocenters. The summed E-state index contributed by atoms with van der Waals surface area (Å²) in [6, 6.07) is 21.0. The van der Waals surface area contributed by atoms with Crippen LogP contribution in [0.3, 0.4) is 0 Å². The van der Waals surface area contributed by atoms with Crippen LogP contribution < -0.4 is 9.47 Å². The van der Waals surface area contributed by atoms with Crippen LogP contribution in [0.1, 0.15) is 49.9 Å². The van der Waals surface area contributed by atoms with Crippen LogP contribution in [0.4, 0.5) is 0 Å². The zero-order chi connectivity index (χ0) is 27.5. The molecule has 5 aromatic rings. The van der Waals surface area contributed by atoms with E-state index in [0.29, 0.717) is 39.7 Å². The number of aromatic nitrogens is 1. The molecule has 0 bridgehead atoms. The van der Waals surface area contributed by atoms with Gasteiger partial charge in [0.25, 0.3) is 0 Å². The van der Waals surface area contributed by atoms with E-state index in [1.54, 1.807) is 42.5 Å². The quantitative estimate of drug-likeness (QED) is 0.167. The number of carbonyl (C=O) groups is 3. The molecule has 2 aliphatic rings. The highest BCUT2D eigenvalue weighted by Crippen LogP contribution is 2.49. The zero-order valence-corrected chi connectivity index (χ0v) is 21.2. The summed E-state index contributed by atoms with van der Waals surface area (Å²) < 4.78 is 19.9. The SMILES string of the molecule is Cn1cc(C=C2Oc3c(ccc4c3C(c3ccc(-c5ccc(C(=O)O)cc5)o3)CC(=O)O4)C2=O)c2ccccc21. The minimum Gasteiger partial charge on any atom is -0.478 e. The van der Waals surface area contributed by atoms with Gasteiger partial charge in [-0.2, -0.15) is 0 Å². The first-order chi connectivity index (χ1) is 19.4. The van der Waals surface area contributed by atoms with E-state index in [1.165, 1.54) is 12.1 Å². The molecule has 2 aromatic heterocycles. The molecule has 3 aromatic carbocycles. The molecule has 1 N–H and O–H groups in total. The zero-order valence-electron chi connectivity index (χ0n) is 21.2. The van der Waals surface area contributed by atoms with Crippen LogP contribution in [-0.4, -0.2) is 27.4 Å². The molecule has 7 rings (SSSR count). The number of fused-ring (bicyclic) bond motifs is 4. The Hall–Kier alpha value is -5.37. The smallest absolute Gasteiger partial charge is 0.335 e. The Kier molecular flexibility index (Phi) is 5.25. The van der Waals surface area contributed by atoms with Crippen molar-refractivity contribution < 1.29 is 33.4 Å². The standard InChI is InChI=1S/C32H21NO7/c1-33-16-19(20-4-2-3-5-23(20)33)14-27-30(35)21-10-11-26-29(31(21)40-27)22(15-28(34)39-26)25-13-12-24(38-25)17-6-8-18(9-7-17)32(36)37/h2-14,16,22H,15H2,1H3,(H,36,37). The van der Waals surface area contributed by atoms with Crippen molar-refractivity contribution in [1.29, 1.82) is 0 Å². The molecule has 196 valence electrons. The number of carboxylic acids is 1. The van der Waals surface area contributed by atoms with Gasteiger partial charge in [-0.1, -0.05) is 30.3 Å². The number of carbonyl (C=O) groups excluding carboxylic acids is 2. The van der Waals surface area contributed by atoms with E-state index < -0.39 is 17.9 Å². The van der Waals surface area contributed by atoms with Crippen molar-refractivity contribution in [2.75, 3.05) is 0 Å². The summed E-state index contributed by atoms with van der Waals surface area (Å²) in [6.45, 7) is 0. The lowest BCUT2D eigenvalue weighted by atomic mass is 9.88. The van der Waals surface area contributed by atoms with Gasteiger partial charge in [0.15, 0.2) is 5.76 Å². The van der Waals surface area contributed by atoms with Gasteiger partial charge in [-0.05, 0) is 48.5 Å². The maximum Gasteiger partial charge on any atom is 0.335 e. The number of ketones is 1. The van der Waals surface area contributed by atoms with Crippen LogP contribution in [-0.2, 0) is 11.8 Å². The number of carboxylic acid groups (broad SMARTS) is 1. The summed E-state index contributed by atoms with van der Waals surface area (Å²) >= 11 is 0. The van der Waals surface area contributed by atoms with Crippen molar-refractivity contribution in [3.8, 4) is 22.8 Å². The number of allylic oxidation sites excluding steroid dienone is 1. The third kappa shape index (κ3) is 3.72. The third-order valence-corrected chi connectivity index (χ3v) is 7.38. The first-order valence-electron chi connectivity index (χ1n) is 12.7. The summed E-state index contributed by atoms with van der Waals surface area (Å²) in [5.74, 6) is -0.326. The molecule has 0 amide bonds. The fourth-order valence-electron chi connectivity index (χ4n) is 5.45. The topological polar surface area (TPSA) is 108 Å². The molecule has 40 heavy (non-hydrogen) atoms. The van der Waals surface area contributed by atoms with Gasteiger partial charge in [-0.15, -0.1) is 0 Å². The summed E-state index contributed by atoms with van der Waals surface area (Å²) in [5.41, 5.74) is 3.73. The molecule has 8 nitrogen and oxygen atoms in total. The maximum absolute atomic E-state index is 13.4. The number of Topliss-reactive ketones (excluding diaryl/α,β-unsaturated/α-hetero) is 1. The van der Waals surface area contributed by atoms with Crippen LogP contribution in [0, 0.1) is 0 Å². The summed E-state index contributed by atoms with van der Waals surface area (Å²) in [4.78, 5) is 37.2. The number of nitrogens with zero attached hydrogens (tertiary/aromatic N) is 1. The van der Waals surface area contributed by atoms with E-state index in [-0.39, 0.29) is 23.5 Å². The fraction of sp³-hybridized carbons (Fsp3) is 0.0938. The molecular formula is C32H21NO7. The van der Waals surface area contributed by atoms with Crippen molar-refractivity contribution in [1.82, 2.24) is 4.57 Å². The third-order valence-electron chi connectivity index (χ3n) is 7.38. The van der Waals surface area contributed by atoms with Crippen LogP contribution in [0.25, 0.3) is 28.3 Å². The normalized spacial score (nSPS) is 17.0. The van der Waals surface area contributed by atoms with Gasteiger partial charge in [0.1, 0.15) is 23.0 Å². The number of hydrogen-bond acceptors (Lipinski definition) is 6. The largest absolute Gasteiger partial charge is 0.478 e. The second-order valence-electron chi connectivity index (χ2n) is 9.82. The van der Waals surface area contributed by atoms with Gasteiger partial charge in [0, 0.05) is 40.8 Å². The van der Waals surface area contributed by atoms with Crippen LogP contribution in [0.15, 0.2) is 89.2 Å². The summed E-state index contributed by atoms with van der Waals surface area (Å²) in [5, 5.41) is 10.2. The lowest BCUT2D eigenvalue weighted by molar-refractivity contribution is -0.135. The Morgan fingerprint density at radius 3 is 2.58 bits per heavy atom. The first-order valence-corrected chi connectivity index (χ1v) is 12.7. The molecule has 4 heterocycles. The molecule has 8 heteroatoms. The minimum absolute atomic E-state index is 0.00821. The molecular weight excluding hydrogens is 510 g/mol. The van der Waals surface area contributed by atoms with Crippen molar-refractivity contribution in [3.05, 3.63) is 113 Å². The number of benzene rings is 3. The molecule has 0 spiro atoms. The summed E-state index contributed by atoms with van der Waals surface area (Å²) in [7, 11) is 1.95. The van der Waals surface area contributed by atoms with Crippen molar-refractivity contribution >= 4 is 34.7 Å². The number of ether oxygens (including phenoxy) is 2. The number of rotatable bonds is 4. The molecule has 0 saturated heterocycles. The first kappa shape index (κ1) is 23.7. The Balaban J connectivity index is 1.28. The van der Waals surface area contributed by atoms with E-state index in [4.69, 9.17) is 13.9 Å². The van der Waals surface area contributed by atoms with Gasteiger partial charge in [0.2, 0.25) is 5.78 Å². The number of aryl methyl sites for hydroxylation is 1. The number of aromatic carboxylic acids is 1. The van der Waals surface area contributed by atoms with Gasteiger partial charge in [-0.25, -0.2) is 4.79 Å². The predicted molar refractivity (Wildman–Crippen MR) is 145 cm³/mol. The van der Waals surface area contributed by atoms with E-state index in [0.717, 1.165) is 16.5 Å². The Bertz CT molecular complexity index is 1910. The second-order valence-corrected chi connectivity index (χ2v) is 9.82. The van der Waals surface area contributed by atoms with Gasteiger partial charge < -0.3 is 23.6 Å². The average Bonchev–Trinajstić information content (AvgIpc) is 3.65. The predicted octanol–water partition coefficient (Wildman–Crippen LogP) is 6.19. The molecule has 2 aliphatic heterocycles. The molecule has 0 aliphatic carbocycles. The van der Waals surface area contributed by atoms with E-state index in [9.17, 15) is 19.5 Å². The molecule has 0 saturated carbocycles. The lowest BCUT2D eigenvalue weighted by Gasteiger charge is -2.24. The molecule has 1 atom stereocenters.